The highest BCUT2D eigenvalue weighted by Crippen LogP contribution is 2.22. The van der Waals surface area contributed by atoms with Gasteiger partial charge in [-0.15, -0.1) is 0 Å². The summed E-state index contributed by atoms with van der Waals surface area (Å²) in [5.41, 5.74) is 0.725. The van der Waals surface area contributed by atoms with Crippen LogP contribution in [-0.2, 0) is 11.3 Å². The van der Waals surface area contributed by atoms with E-state index in [0.29, 0.717) is 30.1 Å². The average Bonchev–Trinajstić information content (AvgIpc) is 2.92. The first kappa shape index (κ1) is 16.0. The fourth-order valence-electron chi connectivity index (χ4n) is 2.31. The van der Waals surface area contributed by atoms with Crippen LogP contribution in [0.3, 0.4) is 0 Å². The number of amides is 1. The number of methoxy groups -OCH3 is 1. The van der Waals surface area contributed by atoms with Crippen molar-refractivity contribution in [1.29, 1.82) is 0 Å². The van der Waals surface area contributed by atoms with Crippen LogP contribution < -0.4 is 4.74 Å². The molecular formula is C16H15BrFNO4. The van der Waals surface area contributed by atoms with Gasteiger partial charge >= 0.3 is 0 Å². The zero-order valence-electron chi connectivity index (χ0n) is 12.4. The lowest BCUT2D eigenvalue weighted by molar-refractivity contribution is -0.0512. The van der Waals surface area contributed by atoms with Crippen molar-refractivity contribution in [3.8, 4) is 5.75 Å². The molecule has 1 aromatic heterocycles. The molecule has 2 heterocycles. The van der Waals surface area contributed by atoms with Crippen LogP contribution >= 0.6 is 15.9 Å². The molecule has 122 valence electrons. The summed E-state index contributed by atoms with van der Waals surface area (Å²) in [6.07, 6.45) is -0.0532. The first-order chi connectivity index (χ1) is 11.1. The standard InChI is InChI=1S/C16H15BrFNO4/c1-21-13-3-2-10(6-12(13)18)9-22-11-7-19(8-11)16(20)14-4-5-15(17)23-14/h2-6,11H,7-9H2,1H3. The monoisotopic (exact) mass is 383 g/mol. The topological polar surface area (TPSA) is 51.9 Å². The van der Waals surface area contributed by atoms with Gasteiger partial charge in [-0.25, -0.2) is 4.39 Å². The summed E-state index contributed by atoms with van der Waals surface area (Å²) < 4.78 is 29.9. The van der Waals surface area contributed by atoms with E-state index in [9.17, 15) is 9.18 Å². The lowest BCUT2D eigenvalue weighted by atomic mass is 10.1. The van der Waals surface area contributed by atoms with Gasteiger partial charge in [0.2, 0.25) is 0 Å². The van der Waals surface area contributed by atoms with Gasteiger partial charge in [0.15, 0.2) is 22.0 Å². The summed E-state index contributed by atoms with van der Waals surface area (Å²) in [6.45, 7) is 1.28. The molecule has 3 rings (SSSR count). The Morgan fingerprint density at radius 1 is 1.39 bits per heavy atom. The van der Waals surface area contributed by atoms with Gasteiger partial charge in [-0.3, -0.25) is 4.79 Å². The van der Waals surface area contributed by atoms with Crippen molar-refractivity contribution in [3.63, 3.8) is 0 Å². The van der Waals surface area contributed by atoms with Crippen molar-refractivity contribution < 1.29 is 23.1 Å². The minimum absolute atomic E-state index is 0.0532. The Morgan fingerprint density at radius 3 is 2.78 bits per heavy atom. The van der Waals surface area contributed by atoms with Crippen LogP contribution in [0.1, 0.15) is 16.1 Å². The molecule has 0 spiro atoms. The summed E-state index contributed by atoms with van der Waals surface area (Å²) in [4.78, 5) is 13.7. The molecule has 0 radical (unpaired) electrons. The summed E-state index contributed by atoms with van der Waals surface area (Å²) in [6, 6.07) is 8.02. The molecule has 1 amide bonds. The summed E-state index contributed by atoms with van der Waals surface area (Å²) >= 11 is 3.17. The molecule has 1 aliphatic rings. The van der Waals surface area contributed by atoms with E-state index in [2.05, 4.69) is 15.9 Å². The second-order valence-corrected chi connectivity index (χ2v) is 6.00. The molecule has 0 bridgehead atoms. The zero-order chi connectivity index (χ0) is 16.4. The second-order valence-electron chi connectivity index (χ2n) is 5.22. The number of hydrogen-bond donors (Lipinski definition) is 0. The Hall–Kier alpha value is -1.86. The number of hydrogen-bond acceptors (Lipinski definition) is 4. The maximum atomic E-state index is 13.6. The number of carbonyl (C=O) groups excluding carboxylic acids is 1. The number of furan rings is 1. The van der Waals surface area contributed by atoms with Crippen LogP contribution in [0, 0.1) is 5.82 Å². The number of carbonyl (C=O) groups is 1. The van der Waals surface area contributed by atoms with Crippen LogP contribution in [0.2, 0.25) is 0 Å². The van der Waals surface area contributed by atoms with E-state index in [-0.39, 0.29) is 17.8 Å². The Kier molecular flexibility index (Phi) is 4.68. The molecule has 1 saturated heterocycles. The largest absolute Gasteiger partial charge is 0.494 e. The van der Waals surface area contributed by atoms with Gasteiger partial charge < -0.3 is 18.8 Å². The third kappa shape index (κ3) is 3.56. The number of halogens is 2. The molecule has 1 fully saturated rings. The van der Waals surface area contributed by atoms with E-state index >= 15 is 0 Å². The van der Waals surface area contributed by atoms with Crippen LogP contribution in [0.25, 0.3) is 0 Å². The molecule has 1 aliphatic heterocycles. The Labute approximate surface area is 141 Å². The van der Waals surface area contributed by atoms with Gasteiger partial charge in [0.1, 0.15) is 0 Å². The van der Waals surface area contributed by atoms with Gasteiger partial charge in [0.05, 0.1) is 19.8 Å². The highest BCUT2D eigenvalue weighted by atomic mass is 79.9. The van der Waals surface area contributed by atoms with E-state index in [1.165, 1.54) is 13.2 Å². The molecule has 0 saturated carbocycles. The molecule has 2 aromatic rings. The molecule has 1 aromatic carbocycles. The lowest BCUT2D eigenvalue weighted by Gasteiger charge is -2.38. The molecule has 0 N–H and O–H groups in total. The third-order valence-electron chi connectivity index (χ3n) is 3.62. The SMILES string of the molecule is COc1ccc(COC2CN(C(=O)c3ccc(Br)o3)C2)cc1F. The van der Waals surface area contributed by atoms with Gasteiger partial charge in [-0.2, -0.15) is 0 Å². The average molecular weight is 384 g/mol. The summed E-state index contributed by atoms with van der Waals surface area (Å²) in [5.74, 6) is -0.0697. The molecule has 23 heavy (non-hydrogen) atoms. The van der Waals surface area contributed by atoms with Crippen LogP contribution in [0.15, 0.2) is 39.4 Å². The first-order valence-electron chi connectivity index (χ1n) is 7.05. The minimum Gasteiger partial charge on any atom is -0.494 e. The molecule has 0 unspecified atom stereocenters. The van der Waals surface area contributed by atoms with Crippen LogP contribution in [0.4, 0.5) is 4.39 Å². The Balaban J connectivity index is 1.47. The first-order valence-corrected chi connectivity index (χ1v) is 7.84. The quantitative estimate of drug-likeness (QED) is 0.795. The number of benzene rings is 1. The van der Waals surface area contributed by atoms with E-state index in [4.69, 9.17) is 13.9 Å². The maximum absolute atomic E-state index is 13.6. The fraction of sp³-hybridized carbons (Fsp3) is 0.312. The van der Waals surface area contributed by atoms with Crippen molar-refractivity contribution >= 4 is 21.8 Å². The fourth-order valence-corrected chi connectivity index (χ4v) is 2.61. The molecular weight excluding hydrogens is 369 g/mol. The predicted octanol–water partition coefficient (Wildman–Crippen LogP) is 3.23. The molecule has 0 atom stereocenters. The van der Waals surface area contributed by atoms with Gasteiger partial charge in [-0.1, -0.05) is 6.07 Å². The number of rotatable bonds is 5. The van der Waals surface area contributed by atoms with Crippen molar-refractivity contribution in [3.05, 3.63) is 52.1 Å². The molecule has 5 nitrogen and oxygen atoms in total. The highest BCUT2D eigenvalue weighted by molar-refractivity contribution is 9.10. The van der Waals surface area contributed by atoms with Gasteiger partial charge in [0, 0.05) is 13.1 Å². The number of nitrogens with zero attached hydrogens (tertiary/aromatic N) is 1. The zero-order valence-corrected chi connectivity index (χ0v) is 14.0. The van der Waals surface area contributed by atoms with Crippen molar-refractivity contribution in [2.24, 2.45) is 0 Å². The summed E-state index contributed by atoms with van der Waals surface area (Å²) in [7, 11) is 1.42. The summed E-state index contributed by atoms with van der Waals surface area (Å²) in [5, 5.41) is 0. The Morgan fingerprint density at radius 2 is 2.17 bits per heavy atom. The van der Waals surface area contributed by atoms with E-state index in [1.54, 1.807) is 29.2 Å². The smallest absolute Gasteiger partial charge is 0.289 e. The van der Waals surface area contributed by atoms with Crippen molar-refractivity contribution in [2.75, 3.05) is 20.2 Å². The van der Waals surface area contributed by atoms with E-state index in [1.807, 2.05) is 0 Å². The number of likely N-dealkylation sites (tertiary alicyclic amines) is 1. The predicted molar refractivity (Wildman–Crippen MR) is 83.8 cm³/mol. The van der Waals surface area contributed by atoms with Gasteiger partial charge in [-0.05, 0) is 45.8 Å². The van der Waals surface area contributed by atoms with Crippen LogP contribution in [-0.4, -0.2) is 37.1 Å². The Bertz CT molecular complexity index is 712. The molecule has 0 aliphatic carbocycles. The normalized spacial score (nSPS) is 14.7. The lowest BCUT2D eigenvalue weighted by Crippen LogP contribution is -2.54. The van der Waals surface area contributed by atoms with E-state index < -0.39 is 5.82 Å². The molecule has 7 heteroatoms. The minimum atomic E-state index is -0.414. The maximum Gasteiger partial charge on any atom is 0.289 e. The second kappa shape index (κ2) is 6.72. The highest BCUT2D eigenvalue weighted by Gasteiger charge is 2.33. The third-order valence-corrected chi connectivity index (χ3v) is 4.05. The van der Waals surface area contributed by atoms with E-state index in [0.717, 1.165) is 5.56 Å². The van der Waals surface area contributed by atoms with Crippen molar-refractivity contribution in [2.45, 2.75) is 12.7 Å². The number of ether oxygens (including phenoxy) is 2. The van der Waals surface area contributed by atoms with Gasteiger partial charge in [0.25, 0.3) is 5.91 Å². The van der Waals surface area contributed by atoms with Crippen LogP contribution in [0.5, 0.6) is 5.75 Å². The van der Waals surface area contributed by atoms with Crippen molar-refractivity contribution in [1.82, 2.24) is 4.90 Å².